The first-order chi connectivity index (χ1) is 11.1. The molecule has 0 radical (unpaired) electrons. The summed E-state index contributed by atoms with van der Waals surface area (Å²) < 4.78 is 0. The van der Waals surface area contributed by atoms with Crippen molar-refractivity contribution in [2.24, 2.45) is 0 Å². The van der Waals surface area contributed by atoms with E-state index < -0.39 is 17.1 Å². The molecule has 3 aromatic rings. The molecule has 7 nitrogen and oxygen atoms in total. The van der Waals surface area contributed by atoms with Gasteiger partial charge in [0.05, 0.1) is 16.5 Å². The smallest absolute Gasteiger partial charge is 0.307 e. The third kappa shape index (κ3) is 2.84. The van der Waals surface area contributed by atoms with Crippen molar-refractivity contribution in [1.82, 2.24) is 10.2 Å². The minimum atomic E-state index is -0.494. The molecule has 4 N–H and O–H groups in total. The number of anilines is 2. The molecule has 0 atom stereocenters. The number of carbonyl (C=O) groups excluding carboxylic acids is 1. The lowest BCUT2D eigenvalue weighted by atomic mass is 10.1. The largest absolute Gasteiger partial charge is 0.323 e. The summed E-state index contributed by atoms with van der Waals surface area (Å²) in [5.41, 5.74) is 0.932. The third-order valence-electron chi connectivity index (χ3n) is 3.47. The molecule has 1 heterocycles. The monoisotopic (exact) mass is 310 g/mol. The highest BCUT2D eigenvalue weighted by atomic mass is 16.2. The number of hydrogen-bond acceptors (Lipinski definition) is 3. The number of fused-ring (bicyclic) bond motifs is 1. The number of rotatable bonds is 2. The zero-order valence-electron chi connectivity index (χ0n) is 12.3. The summed E-state index contributed by atoms with van der Waals surface area (Å²) in [5.74, 6) is 0. The predicted octanol–water partition coefficient (Wildman–Crippen LogP) is 2.17. The SMILES string of the molecule is Cc1ccccc1NC(=O)Nc1cccc2c(=O)[nH][nH]c(=O)c12. The summed E-state index contributed by atoms with van der Waals surface area (Å²) in [6.07, 6.45) is 0. The highest BCUT2D eigenvalue weighted by molar-refractivity contribution is 6.05. The van der Waals surface area contributed by atoms with Gasteiger partial charge >= 0.3 is 6.03 Å². The van der Waals surface area contributed by atoms with Crippen LogP contribution in [0.25, 0.3) is 10.8 Å². The maximum Gasteiger partial charge on any atom is 0.323 e. The Morgan fingerprint density at radius 2 is 1.52 bits per heavy atom. The molecule has 0 aliphatic carbocycles. The predicted molar refractivity (Wildman–Crippen MR) is 89.0 cm³/mol. The van der Waals surface area contributed by atoms with Crippen LogP contribution in [0, 0.1) is 6.92 Å². The van der Waals surface area contributed by atoms with Gasteiger partial charge in [0.2, 0.25) is 0 Å². The molecule has 0 fully saturated rings. The van der Waals surface area contributed by atoms with E-state index in [2.05, 4.69) is 20.8 Å². The minimum Gasteiger partial charge on any atom is -0.307 e. The third-order valence-corrected chi connectivity index (χ3v) is 3.47. The van der Waals surface area contributed by atoms with E-state index in [1.165, 1.54) is 6.07 Å². The van der Waals surface area contributed by atoms with E-state index in [1.54, 1.807) is 18.2 Å². The van der Waals surface area contributed by atoms with Crippen molar-refractivity contribution in [3.63, 3.8) is 0 Å². The average molecular weight is 310 g/mol. The Labute approximate surface area is 130 Å². The second-order valence-electron chi connectivity index (χ2n) is 5.03. The molecule has 0 unspecified atom stereocenters. The highest BCUT2D eigenvalue weighted by Crippen LogP contribution is 2.18. The van der Waals surface area contributed by atoms with Gasteiger partial charge in [0.25, 0.3) is 11.1 Å². The van der Waals surface area contributed by atoms with Crippen LogP contribution in [-0.2, 0) is 0 Å². The number of H-pyrrole nitrogens is 2. The first kappa shape index (κ1) is 14.6. The quantitative estimate of drug-likeness (QED) is 0.582. The Hall–Kier alpha value is -3.35. The van der Waals surface area contributed by atoms with E-state index in [1.807, 2.05) is 25.1 Å². The molecule has 0 saturated heterocycles. The van der Waals surface area contributed by atoms with Crippen LogP contribution in [0.2, 0.25) is 0 Å². The number of aryl methyl sites for hydroxylation is 1. The van der Waals surface area contributed by atoms with E-state index in [0.717, 1.165) is 5.56 Å². The van der Waals surface area contributed by atoms with Crippen molar-refractivity contribution in [2.45, 2.75) is 6.92 Å². The Morgan fingerprint density at radius 3 is 2.30 bits per heavy atom. The number of urea groups is 1. The van der Waals surface area contributed by atoms with Crippen molar-refractivity contribution < 1.29 is 4.79 Å². The molecule has 0 aliphatic rings. The molecular formula is C16H14N4O3. The van der Waals surface area contributed by atoms with Crippen LogP contribution in [0.15, 0.2) is 52.1 Å². The van der Waals surface area contributed by atoms with Crippen molar-refractivity contribution in [3.8, 4) is 0 Å². The number of benzene rings is 2. The molecule has 23 heavy (non-hydrogen) atoms. The minimum absolute atomic E-state index is 0.135. The number of para-hydroxylation sites is 1. The Morgan fingerprint density at radius 1 is 0.870 bits per heavy atom. The van der Waals surface area contributed by atoms with Gasteiger partial charge in [-0.05, 0) is 30.7 Å². The first-order valence-corrected chi connectivity index (χ1v) is 6.93. The topological polar surface area (TPSA) is 107 Å². The second-order valence-corrected chi connectivity index (χ2v) is 5.03. The maximum atomic E-state index is 12.2. The number of aromatic nitrogens is 2. The zero-order chi connectivity index (χ0) is 16.4. The summed E-state index contributed by atoms with van der Waals surface area (Å²) in [5, 5.41) is 10.2. The molecule has 116 valence electrons. The lowest BCUT2D eigenvalue weighted by Crippen LogP contribution is -2.24. The van der Waals surface area contributed by atoms with E-state index in [-0.39, 0.29) is 16.5 Å². The van der Waals surface area contributed by atoms with Crippen LogP contribution < -0.4 is 21.8 Å². The van der Waals surface area contributed by atoms with Crippen molar-refractivity contribution in [1.29, 1.82) is 0 Å². The number of carbonyl (C=O) groups is 1. The molecule has 2 aromatic carbocycles. The molecule has 0 aliphatic heterocycles. The Bertz CT molecular complexity index is 1000. The van der Waals surface area contributed by atoms with Crippen LogP contribution in [0.4, 0.5) is 16.2 Å². The molecule has 0 saturated carbocycles. The summed E-state index contributed by atoms with van der Waals surface area (Å²) in [6.45, 7) is 1.87. The van der Waals surface area contributed by atoms with E-state index in [4.69, 9.17) is 0 Å². The van der Waals surface area contributed by atoms with Gasteiger partial charge in [0.1, 0.15) is 0 Å². The van der Waals surface area contributed by atoms with Crippen molar-refractivity contribution in [2.75, 3.05) is 10.6 Å². The fourth-order valence-electron chi connectivity index (χ4n) is 2.32. The van der Waals surface area contributed by atoms with Crippen LogP contribution in [0.3, 0.4) is 0 Å². The standard InChI is InChI=1S/C16H14N4O3/c1-9-5-2-3-7-11(9)17-16(23)18-12-8-4-6-10-13(12)15(22)20-19-14(10)21/h2-8H,1H3,(H,19,21)(H,20,22)(H2,17,18,23). The van der Waals surface area contributed by atoms with Gasteiger partial charge in [0, 0.05) is 5.69 Å². The summed E-state index contributed by atoms with van der Waals surface area (Å²) >= 11 is 0. The first-order valence-electron chi connectivity index (χ1n) is 6.93. The lowest BCUT2D eigenvalue weighted by molar-refractivity contribution is 0.262. The van der Waals surface area contributed by atoms with Gasteiger partial charge in [-0.1, -0.05) is 24.3 Å². The number of hydrogen-bond donors (Lipinski definition) is 4. The Balaban J connectivity index is 1.95. The normalized spacial score (nSPS) is 10.5. The summed E-state index contributed by atoms with van der Waals surface area (Å²) in [7, 11) is 0. The van der Waals surface area contributed by atoms with Gasteiger partial charge in [0.15, 0.2) is 0 Å². The fraction of sp³-hybridized carbons (Fsp3) is 0.0625. The van der Waals surface area contributed by atoms with Crippen LogP contribution in [0.1, 0.15) is 5.56 Å². The molecule has 7 heteroatoms. The molecule has 2 amide bonds. The molecule has 0 spiro atoms. The van der Waals surface area contributed by atoms with Crippen molar-refractivity contribution in [3.05, 3.63) is 68.7 Å². The van der Waals surface area contributed by atoms with E-state index >= 15 is 0 Å². The van der Waals surface area contributed by atoms with E-state index in [9.17, 15) is 14.4 Å². The molecular weight excluding hydrogens is 296 g/mol. The van der Waals surface area contributed by atoms with Crippen LogP contribution >= 0.6 is 0 Å². The van der Waals surface area contributed by atoms with Crippen molar-refractivity contribution >= 4 is 28.2 Å². The second kappa shape index (κ2) is 5.80. The number of nitrogens with one attached hydrogen (secondary N) is 4. The van der Waals surface area contributed by atoms with Crippen LogP contribution in [-0.4, -0.2) is 16.2 Å². The van der Waals surface area contributed by atoms with Gasteiger partial charge < -0.3 is 10.6 Å². The molecule has 3 rings (SSSR count). The summed E-state index contributed by atoms with van der Waals surface area (Å²) in [6, 6.07) is 11.5. The molecule has 1 aromatic heterocycles. The van der Waals surface area contributed by atoms with Crippen LogP contribution in [0.5, 0.6) is 0 Å². The van der Waals surface area contributed by atoms with Gasteiger partial charge in [-0.2, -0.15) is 0 Å². The highest BCUT2D eigenvalue weighted by Gasteiger charge is 2.11. The van der Waals surface area contributed by atoms with E-state index in [0.29, 0.717) is 5.69 Å². The maximum absolute atomic E-state index is 12.2. The van der Waals surface area contributed by atoms with Gasteiger partial charge in [-0.25, -0.2) is 4.79 Å². The number of aromatic amines is 2. The van der Waals surface area contributed by atoms with Gasteiger partial charge in [-0.15, -0.1) is 0 Å². The molecule has 0 bridgehead atoms. The summed E-state index contributed by atoms with van der Waals surface area (Å²) in [4.78, 5) is 35.9. The zero-order valence-corrected chi connectivity index (χ0v) is 12.3. The number of amides is 2. The fourth-order valence-corrected chi connectivity index (χ4v) is 2.32. The average Bonchev–Trinajstić information content (AvgIpc) is 2.53. The van der Waals surface area contributed by atoms with Gasteiger partial charge in [-0.3, -0.25) is 19.8 Å². The Kier molecular flexibility index (Phi) is 3.68. The lowest BCUT2D eigenvalue weighted by Gasteiger charge is -2.10.